The third-order valence-electron chi connectivity index (χ3n) is 4.80. The minimum Gasteiger partial charge on any atom is -0.311 e. The van der Waals surface area contributed by atoms with Gasteiger partial charge in [0.1, 0.15) is 12.2 Å². The van der Waals surface area contributed by atoms with E-state index in [2.05, 4.69) is 41.1 Å². The maximum Gasteiger partial charge on any atom is 0.141 e. The van der Waals surface area contributed by atoms with E-state index in [1.54, 1.807) is 6.33 Å². The second kappa shape index (κ2) is 6.44. The minimum absolute atomic E-state index is 0.623. The van der Waals surface area contributed by atoms with Crippen molar-refractivity contribution in [2.45, 2.75) is 65.2 Å². The molecule has 5 heteroatoms. The lowest BCUT2D eigenvalue weighted by Gasteiger charge is -2.41. The number of hydrogen-bond acceptors (Lipinski definition) is 4. The fourth-order valence-corrected chi connectivity index (χ4v) is 3.61. The Morgan fingerprint density at radius 1 is 1.38 bits per heavy atom. The summed E-state index contributed by atoms with van der Waals surface area (Å²) in [5.74, 6) is 2.77. The summed E-state index contributed by atoms with van der Waals surface area (Å²) in [6.45, 7) is 10.9. The first-order chi connectivity index (χ1) is 10.2. The average Bonchev–Trinajstić information content (AvgIpc) is 3.18. The normalized spacial score (nSPS) is 27.4. The lowest BCUT2D eigenvalue weighted by molar-refractivity contribution is 0.0959. The van der Waals surface area contributed by atoms with Gasteiger partial charge in [-0.3, -0.25) is 4.90 Å². The first kappa shape index (κ1) is 15.0. The fraction of sp³-hybridized carbons (Fsp3) is 0.875. The van der Waals surface area contributed by atoms with Crippen LogP contribution in [0.1, 0.15) is 45.9 Å². The van der Waals surface area contributed by atoms with Crippen LogP contribution in [0.15, 0.2) is 6.33 Å². The van der Waals surface area contributed by atoms with Crippen molar-refractivity contribution in [2.24, 2.45) is 11.8 Å². The highest BCUT2D eigenvalue weighted by atomic mass is 15.4. The van der Waals surface area contributed by atoms with Gasteiger partial charge in [-0.15, -0.1) is 0 Å². The molecule has 1 N–H and O–H groups in total. The summed E-state index contributed by atoms with van der Waals surface area (Å²) in [5.41, 5.74) is 0. The van der Waals surface area contributed by atoms with Crippen LogP contribution in [0.5, 0.6) is 0 Å². The highest BCUT2D eigenvalue weighted by Gasteiger charge is 2.39. The molecule has 3 rings (SSSR count). The van der Waals surface area contributed by atoms with E-state index in [-0.39, 0.29) is 0 Å². The predicted molar refractivity (Wildman–Crippen MR) is 83.9 cm³/mol. The molecule has 1 saturated carbocycles. The molecule has 1 aliphatic heterocycles. The van der Waals surface area contributed by atoms with Crippen LogP contribution in [-0.4, -0.2) is 44.8 Å². The Hall–Kier alpha value is -0.940. The van der Waals surface area contributed by atoms with Gasteiger partial charge in [0.15, 0.2) is 0 Å². The van der Waals surface area contributed by atoms with Crippen molar-refractivity contribution in [3.05, 3.63) is 12.2 Å². The molecule has 1 aromatic rings. The Balaban J connectivity index is 1.68. The van der Waals surface area contributed by atoms with Gasteiger partial charge in [-0.1, -0.05) is 13.8 Å². The molecule has 0 radical (unpaired) electrons. The average molecular weight is 291 g/mol. The summed E-state index contributed by atoms with van der Waals surface area (Å²) in [6.07, 6.45) is 5.75. The number of aryl methyl sites for hydroxylation is 1. The van der Waals surface area contributed by atoms with Gasteiger partial charge in [0.2, 0.25) is 0 Å². The van der Waals surface area contributed by atoms with Crippen molar-refractivity contribution in [3.63, 3.8) is 0 Å². The quantitative estimate of drug-likeness (QED) is 0.869. The number of nitrogens with zero attached hydrogens (tertiary/aromatic N) is 4. The molecular weight excluding hydrogens is 262 g/mol. The lowest BCUT2D eigenvalue weighted by atomic mass is 9.98. The van der Waals surface area contributed by atoms with E-state index >= 15 is 0 Å². The van der Waals surface area contributed by atoms with Crippen molar-refractivity contribution >= 4 is 0 Å². The molecule has 0 bridgehead atoms. The zero-order valence-electron chi connectivity index (χ0n) is 13.6. The summed E-state index contributed by atoms with van der Waals surface area (Å²) in [4.78, 5) is 7.14. The van der Waals surface area contributed by atoms with Gasteiger partial charge in [-0.25, -0.2) is 9.67 Å². The van der Waals surface area contributed by atoms with E-state index < -0.39 is 0 Å². The second-order valence-corrected chi connectivity index (χ2v) is 7.06. The van der Waals surface area contributed by atoms with Crippen molar-refractivity contribution in [1.29, 1.82) is 0 Å². The van der Waals surface area contributed by atoms with Gasteiger partial charge in [-0.05, 0) is 38.0 Å². The van der Waals surface area contributed by atoms with Gasteiger partial charge in [0.05, 0.1) is 6.54 Å². The van der Waals surface area contributed by atoms with Crippen LogP contribution >= 0.6 is 0 Å². The van der Waals surface area contributed by atoms with E-state index in [4.69, 9.17) is 0 Å². The Morgan fingerprint density at radius 2 is 2.19 bits per heavy atom. The smallest absolute Gasteiger partial charge is 0.141 e. The summed E-state index contributed by atoms with van der Waals surface area (Å²) < 4.78 is 2.03. The Labute approximate surface area is 128 Å². The maximum absolute atomic E-state index is 4.47. The van der Waals surface area contributed by atoms with E-state index in [1.165, 1.54) is 19.3 Å². The van der Waals surface area contributed by atoms with Gasteiger partial charge < -0.3 is 5.32 Å². The number of nitrogens with one attached hydrogen (secondary N) is 1. The second-order valence-electron chi connectivity index (χ2n) is 7.06. The number of hydrogen-bond donors (Lipinski definition) is 1. The zero-order valence-corrected chi connectivity index (χ0v) is 13.6. The van der Waals surface area contributed by atoms with E-state index in [1.807, 2.05) is 4.68 Å². The van der Waals surface area contributed by atoms with E-state index in [9.17, 15) is 0 Å². The molecule has 2 fully saturated rings. The SMILES string of the molecule is CCn1ncnc1CN1CC(CC(C)C)NCC1C1CC1. The molecule has 2 heterocycles. The molecule has 0 amide bonds. The van der Waals surface area contributed by atoms with Gasteiger partial charge >= 0.3 is 0 Å². The summed E-state index contributed by atoms with van der Waals surface area (Å²) in [7, 11) is 0. The van der Waals surface area contributed by atoms with Crippen molar-refractivity contribution in [3.8, 4) is 0 Å². The first-order valence-corrected chi connectivity index (χ1v) is 8.51. The van der Waals surface area contributed by atoms with Gasteiger partial charge in [-0.2, -0.15) is 5.10 Å². The van der Waals surface area contributed by atoms with Gasteiger partial charge in [0.25, 0.3) is 0 Å². The van der Waals surface area contributed by atoms with Crippen LogP contribution in [0.3, 0.4) is 0 Å². The Kier molecular flexibility index (Phi) is 4.60. The molecule has 2 atom stereocenters. The van der Waals surface area contributed by atoms with Crippen molar-refractivity contribution in [2.75, 3.05) is 13.1 Å². The number of piperazine rings is 1. The number of rotatable bonds is 6. The standard InChI is InChI=1S/C16H29N5/c1-4-21-16(18-11-19-21)10-20-9-14(7-12(2)3)17-8-15(20)13-5-6-13/h11-15,17H,4-10H2,1-3H3. The fourth-order valence-electron chi connectivity index (χ4n) is 3.61. The summed E-state index contributed by atoms with van der Waals surface area (Å²) in [5, 5.41) is 8.09. The largest absolute Gasteiger partial charge is 0.311 e. The Morgan fingerprint density at radius 3 is 2.86 bits per heavy atom. The summed E-state index contributed by atoms with van der Waals surface area (Å²) in [6, 6.07) is 1.31. The van der Waals surface area contributed by atoms with Crippen LogP contribution in [0.2, 0.25) is 0 Å². The highest BCUT2D eigenvalue weighted by Crippen LogP contribution is 2.37. The third kappa shape index (κ3) is 3.64. The molecule has 1 saturated heterocycles. The molecule has 2 aliphatic rings. The lowest BCUT2D eigenvalue weighted by Crippen LogP contribution is -2.57. The van der Waals surface area contributed by atoms with Crippen LogP contribution in [0.4, 0.5) is 0 Å². The predicted octanol–water partition coefficient (Wildman–Crippen LogP) is 1.90. The minimum atomic E-state index is 0.623. The topological polar surface area (TPSA) is 46.0 Å². The van der Waals surface area contributed by atoms with Crippen LogP contribution in [-0.2, 0) is 13.1 Å². The summed E-state index contributed by atoms with van der Waals surface area (Å²) >= 11 is 0. The molecule has 5 nitrogen and oxygen atoms in total. The Bertz CT molecular complexity index is 451. The van der Waals surface area contributed by atoms with Crippen LogP contribution in [0, 0.1) is 11.8 Å². The van der Waals surface area contributed by atoms with Crippen molar-refractivity contribution in [1.82, 2.24) is 25.0 Å². The number of aromatic nitrogens is 3. The van der Waals surface area contributed by atoms with Crippen molar-refractivity contribution < 1.29 is 0 Å². The molecule has 2 unspecified atom stereocenters. The van der Waals surface area contributed by atoms with Crippen LogP contribution < -0.4 is 5.32 Å². The molecule has 0 spiro atoms. The molecule has 21 heavy (non-hydrogen) atoms. The highest BCUT2D eigenvalue weighted by molar-refractivity contribution is 4.97. The monoisotopic (exact) mass is 291 g/mol. The first-order valence-electron chi connectivity index (χ1n) is 8.51. The van der Waals surface area contributed by atoms with Gasteiger partial charge in [0, 0.05) is 31.7 Å². The molecule has 1 aromatic heterocycles. The van der Waals surface area contributed by atoms with Crippen LogP contribution in [0.25, 0.3) is 0 Å². The third-order valence-corrected chi connectivity index (χ3v) is 4.80. The van der Waals surface area contributed by atoms with E-state index in [0.717, 1.165) is 43.8 Å². The molecule has 0 aromatic carbocycles. The maximum atomic E-state index is 4.47. The molecule has 118 valence electrons. The van der Waals surface area contributed by atoms with E-state index in [0.29, 0.717) is 12.1 Å². The molecule has 1 aliphatic carbocycles. The molecular formula is C16H29N5. The zero-order chi connectivity index (χ0) is 14.8.